The van der Waals surface area contributed by atoms with E-state index >= 15 is 0 Å². The maximum absolute atomic E-state index is 9.84. The highest BCUT2D eigenvalue weighted by Gasteiger charge is 2.15. The van der Waals surface area contributed by atoms with Crippen LogP contribution >= 0.6 is 11.6 Å². The lowest BCUT2D eigenvalue weighted by atomic mass is 10.1. The van der Waals surface area contributed by atoms with Gasteiger partial charge in [-0.2, -0.15) is 0 Å². The van der Waals surface area contributed by atoms with Crippen LogP contribution in [0.1, 0.15) is 11.7 Å². The third-order valence-electron chi connectivity index (χ3n) is 2.26. The molecule has 0 aliphatic heterocycles. The first-order valence-corrected chi connectivity index (χ1v) is 5.26. The second-order valence-electron chi connectivity index (χ2n) is 3.30. The van der Waals surface area contributed by atoms with E-state index in [0.29, 0.717) is 28.6 Å². The van der Waals surface area contributed by atoms with Gasteiger partial charge in [0.2, 0.25) is 0 Å². The number of benzene rings is 1. The van der Waals surface area contributed by atoms with E-state index in [-0.39, 0.29) is 0 Å². The van der Waals surface area contributed by atoms with E-state index in [1.54, 1.807) is 26.3 Å². The average Bonchev–Trinajstić information content (AvgIpc) is 2.28. The Kier molecular flexibility index (Phi) is 4.86. The zero-order valence-electron chi connectivity index (χ0n) is 9.58. The molecule has 0 aliphatic carbocycles. The number of aliphatic hydroxyl groups excluding tert-OH is 1. The molecular weight excluding hydrogens is 230 g/mol. The van der Waals surface area contributed by atoms with Crippen LogP contribution < -0.4 is 14.8 Å². The summed E-state index contributed by atoms with van der Waals surface area (Å²) >= 11 is 6.04. The zero-order valence-corrected chi connectivity index (χ0v) is 10.3. The van der Waals surface area contributed by atoms with Gasteiger partial charge in [0.05, 0.1) is 25.3 Å². The summed E-state index contributed by atoms with van der Waals surface area (Å²) in [6.07, 6.45) is -0.669. The zero-order chi connectivity index (χ0) is 12.1. The fourth-order valence-electron chi connectivity index (χ4n) is 1.43. The van der Waals surface area contributed by atoms with Crippen molar-refractivity contribution in [3.8, 4) is 11.5 Å². The number of hydrogen-bond donors (Lipinski definition) is 2. The van der Waals surface area contributed by atoms with Crippen LogP contribution in [-0.4, -0.2) is 32.9 Å². The van der Waals surface area contributed by atoms with Crippen LogP contribution in [0.5, 0.6) is 11.5 Å². The highest BCUT2D eigenvalue weighted by Crippen LogP contribution is 2.35. The Balaban J connectivity index is 3.10. The van der Waals surface area contributed by atoms with Crippen molar-refractivity contribution >= 4 is 11.6 Å². The minimum atomic E-state index is -0.669. The van der Waals surface area contributed by atoms with E-state index < -0.39 is 6.10 Å². The van der Waals surface area contributed by atoms with Crippen molar-refractivity contribution in [2.75, 3.05) is 27.8 Å². The molecule has 0 heterocycles. The number of rotatable bonds is 5. The molecule has 1 aromatic rings. The summed E-state index contributed by atoms with van der Waals surface area (Å²) in [4.78, 5) is 0. The van der Waals surface area contributed by atoms with Crippen LogP contribution in [0, 0.1) is 0 Å². The third kappa shape index (κ3) is 2.78. The molecule has 0 saturated carbocycles. The van der Waals surface area contributed by atoms with E-state index in [4.69, 9.17) is 21.1 Å². The minimum absolute atomic E-state index is 0.426. The third-order valence-corrected chi connectivity index (χ3v) is 2.59. The van der Waals surface area contributed by atoms with Gasteiger partial charge in [0.15, 0.2) is 11.5 Å². The van der Waals surface area contributed by atoms with Gasteiger partial charge in [0, 0.05) is 18.2 Å². The molecule has 4 nitrogen and oxygen atoms in total. The highest BCUT2D eigenvalue weighted by atomic mass is 35.5. The maximum Gasteiger partial charge on any atom is 0.162 e. The number of ether oxygens (including phenoxy) is 2. The molecule has 1 aromatic carbocycles. The largest absolute Gasteiger partial charge is 0.493 e. The van der Waals surface area contributed by atoms with E-state index in [1.165, 1.54) is 7.11 Å². The summed E-state index contributed by atoms with van der Waals surface area (Å²) in [5, 5.41) is 13.2. The molecule has 0 radical (unpaired) electrons. The summed E-state index contributed by atoms with van der Waals surface area (Å²) in [5.41, 5.74) is 0.619. The lowest BCUT2D eigenvalue weighted by Crippen LogP contribution is -2.17. The van der Waals surface area contributed by atoms with Gasteiger partial charge in [-0.1, -0.05) is 11.6 Å². The first-order valence-electron chi connectivity index (χ1n) is 4.88. The van der Waals surface area contributed by atoms with Gasteiger partial charge in [-0.3, -0.25) is 0 Å². The van der Waals surface area contributed by atoms with Crippen LogP contribution in [0.25, 0.3) is 0 Å². The SMILES string of the molecule is CNCC(O)c1cc(OC)c(OC)cc1Cl. The van der Waals surface area contributed by atoms with Crippen molar-refractivity contribution < 1.29 is 14.6 Å². The average molecular weight is 246 g/mol. The van der Waals surface area contributed by atoms with Crippen molar-refractivity contribution in [3.05, 3.63) is 22.7 Å². The van der Waals surface area contributed by atoms with Crippen molar-refractivity contribution in [2.24, 2.45) is 0 Å². The summed E-state index contributed by atoms with van der Waals surface area (Å²) in [6, 6.07) is 3.32. The number of nitrogens with one attached hydrogen (secondary N) is 1. The molecule has 0 spiro atoms. The monoisotopic (exact) mass is 245 g/mol. The first-order chi connectivity index (χ1) is 7.63. The van der Waals surface area contributed by atoms with Gasteiger partial charge in [0.25, 0.3) is 0 Å². The molecular formula is C11H16ClNO3. The summed E-state index contributed by atoms with van der Waals surface area (Å²) in [6.45, 7) is 0.426. The minimum Gasteiger partial charge on any atom is -0.493 e. The van der Waals surface area contributed by atoms with Crippen molar-refractivity contribution in [2.45, 2.75) is 6.10 Å². The topological polar surface area (TPSA) is 50.7 Å². The predicted octanol–water partition coefficient (Wildman–Crippen LogP) is 1.61. The van der Waals surface area contributed by atoms with Crippen LogP contribution in [0.3, 0.4) is 0 Å². The van der Waals surface area contributed by atoms with Gasteiger partial charge in [-0.15, -0.1) is 0 Å². The second-order valence-corrected chi connectivity index (χ2v) is 3.71. The predicted molar refractivity (Wildman–Crippen MR) is 63.4 cm³/mol. The van der Waals surface area contributed by atoms with Gasteiger partial charge in [-0.25, -0.2) is 0 Å². The van der Waals surface area contributed by atoms with Crippen molar-refractivity contribution in [1.29, 1.82) is 0 Å². The van der Waals surface area contributed by atoms with Gasteiger partial charge < -0.3 is 19.9 Å². The number of aliphatic hydroxyl groups is 1. The molecule has 1 rings (SSSR count). The lowest BCUT2D eigenvalue weighted by molar-refractivity contribution is 0.177. The van der Waals surface area contributed by atoms with Crippen molar-refractivity contribution in [1.82, 2.24) is 5.32 Å². The van der Waals surface area contributed by atoms with Crippen molar-refractivity contribution in [3.63, 3.8) is 0 Å². The number of likely N-dealkylation sites (N-methyl/N-ethyl adjacent to an activating group) is 1. The molecule has 0 aliphatic rings. The van der Waals surface area contributed by atoms with Crippen LogP contribution in [0.4, 0.5) is 0 Å². The number of methoxy groups -OCH3 is 2. The Morgan fingerprint density at radius 2 is 1.88 bits per heavy atom. The van der Waals surface area contributed by atoms with Crippen LogP contribution in [0.15, 0.2) is 12.1 Å². The quantitative estimate of drug-likeness (QED) is 0.828. The molecule has 90 valence electrons. The molecule has 5 heteroatoms. The fourth-order valence-corrected chi connectivity index (χ4v) is 1.71. The first kappa shape index (κ1) is 13.1. The van der Waals surface area contributed by atoms with E-state index in [0.717, 1.165) is 0 Å². The second kappa shape index (κ2) is 5.94. The number of halogens is 1. The lowest BCUT2D eigenvalue weighted by Gasteiger charge is -2.15. The summed E-state index contributed by atoms with van der Waals surface area (Å²) in [7, 11) is 4.84. The highest BCUT2D eigenvalue weighted by molar-refractivity contribution is 6.31. The summed E-state index contributed by atoms with van der Waals surface area (Å²) < 4.78 is 10.3. The smallest absolute Gasteiger partial charge is 0.162 e. The Bertz CT molecular complexity index is 357. The molecule has 0 saturated heterocycles. The normalized spacial score (nSPS) is 12.3. The molecule has 0 amide bonds. The Morgan fingerprint density at radius 3 is 2.38 bits per heavy atom. The van der Waals surface area contributed by atoms with E-state index in [1.807, 2.05) is 0 Å². The van der Waals surface area contributed by atoms with Crippen LogP contribution in [0.2, 0.25) is 5.02 Å². The molecule has 0 bridgehead atoms. The number of hydrogen-bond acceptors (Lipinski definition) is 4. The Labute approximate surface area is 100 Å². The standard InChI is InChI=1S/C11H16ClNO3/c1-13-6-9(14)7-4-10(15-2)11(16-3)5-8(7)12/h4-5,9,13-14H,6H2,1-3H3. The van der Waals surface area contributed by atoms with Gasteiger partial charge in [-0.05, 0) is 13.1 Å². The molecule has 1 unspecified atom stereocenters. The van der Waals surface area contributed by atoms with E-state index in [2.05, 4.69) is 5.32 Å². The summed E-state index contributed by atoms with van der Waals surface area (Å²) in [5.74, 6) is 1.10. The molecule has 0 fully saturated rings. The molecule has 2 N–H and O–H groups in total. The molecule has 1 atom stereocenters. The molecule has 16 heavy (non-hydrogen) atoms. The maximum atomic E-state index is 9.84. The fraction of sp³-hybridized carbons (Fsp3) is 0.455. The molecule has 0 aromatic heterocycles. The van der Waals surface area contributed by atoms with E-state index in [9.17, 15) is 5.11 Å². The van der Waals surface area contributed by atoms with Crippen LogP contribution in [-0.2, 0) is 0 Å². The Morgan fingerprint density at radius 1 is 1.31 bits per heavy atom. The Hall–Kier alpha value is -0.970. The van der Waals surface area contributed by atoms with Gasteiger partial charge >= 0.3 is 0 Å². The van der Waals surface area contributed by atoms with Gasteiger partial charge in [0.1, 0.15) is 0 Å².